The molecule has 0 bridgehead atoms. The Morgan fingerprint density at radius 1 is 1.36 bits per heavy atom. The van der Waals surface area contributed by atoms with Crippen molar-refractivity contribution in [2.45, 2.75) is 45.3 Å². The third-order valence-electron chi connectivity index (χ3n) is 4.54. The number of rotatable bonds is 7. The number of aromatic nitrogens is 4. The molecule has 1 amide bonds. The number of carbonyl (C=O) groups excluding carboxylic acids is 1. The second-order valence-electron chi connectivity index (χ2n) is 6.21. The van der Waals surface area contributed by atoms with E-state index in [-0.39, 0.29) is 12.0 Å². The zero-order valence-electron chi connectivity index (χ0n) is 14.7. The van der Waals surface area contributed by atoms with Crippen molar-refractivity contribution in [3.8, 4) is 0 Å². The molecule has 0 spiro atoms. The van der Waals surface area contributed by atoms with Crippen LogP contribution < -0.4 is 0 Å². The summed E-state index contributed by atoms with van der Waals surface area (Å²) in [6.45, 7) is 4.70. The van der Waals surface area contributed by atoms with Gasteiger partial charge < -0.3 is 14.2 Å². The Bertz CT molecular complexity index is 673. The summed E-state index contributed by atoms with van der Waals surface area (Å²) in [7, 11) is 0. The van der Waals surface area contributed by atoms with Crippen LogP contribution in [-0.4, -0.2) is 56.1 Å². The fraction of sp³-hybridized carbons (Fsp3) is 0.556. The van der Waals surface area contributed by atoms with Gasteiger partial charge in [-0.25, -0.2) is 15.0 Å². The van der Waals surface area contributed by atoms with Gasteiger partial charge in [-0.15, -0.1) is 0 Å². The van der Waals surface area contributed by atoms with Gasteiger partial charge in [0.05, 0.1) is 12.7 Å². The van der Waals surface area contributed by atoms with Gasteiger partial charge in [-0.05, 0) is 18.9 Å². The summed E-state index contributed by atoms with van der Waals surface area (Å²) in [5.74, 6) is 1.21. The van der Waals surface area contributed by atoms with E-state index < -0.39 is 0 Å². The van der Waals surface area contributed by atoms with Crippen molar-refractivity contribution in [2.75, 3.05) is 19.7 Å². The normalized spacial score (nSPS) is 17.6. The Labute approximate surface area is 148 Å². The third-order valence-corrected chi connectivity index (χ3v) is 4.54. The molecule has 1 atom stereocenters. The molecule has 1 aliphatic rings. The highest BCUT2D eigenvalue weighted by Crippen LogP contribution is 2.13. The topological polar surface area (TPSA) is 73.1 Å². The van der Waals surface area contributed by atoms with Crippen molar-refractivity contribution in [2.24, 2.45) is 0 Å². The minimum absolute atomic E-state index is 0.0760. The van der Waals surface area contributed by atoms with Gasteiger partial charge in [0.25, 0.3) is 0 Å². The van der Waals surface area contributed by atoms with Gasteiger partial charge in [0, 0.05) is 56.8 Å². The van der Waals surface area contributed by atoms with Crippen LogP contribution in [0.4, 0.5) is 0 Å². The molecule has 134 valence electrons. The van der Waals surface area contributed by atoms with Crippen LogP contribution in [0.1, 0.15) is 31.3 Å². The molecular weight excluding hydrogens is 318 g/mol. The molecule has 1 aliphatic heterocycles. The predicted molar refractivity (Wildman–Crippen MR) is 92.9 cm³/mol. The number of hydrogen-bond donors (Lipinski definition) is 0. The van der Waals surface area contributed by atoms with Crippen molar-refractivity contribution >= 4 is 5.91 Å². The van der Waals surface area contributed by atoms with E-state index >= 15 is 0 Å². The summed E-state index contributed by atoms with van der Waals surface area (Å²) in [4.78, 5) is 26.9. The van der Waals surface area contributed by atoms with Crippen molar-refractivity contribution in [3.63, 3.8) is 0 Å². The van der Waals surface area contributed by atoms with Crippen LogP contribution in [0, 0.1) is 0 Å². The van der Waals surface area contributed by atoms with Gasteiger partial charge in [0.1, 0.15) is 12.2 Å². The first-order chi connectivity index (χ1) is 12.3. The minimum Gasteiger partial charge on any atom is -0.375 e. The average molecular weight is 343 g/mol. The molecule has 0 aromatic carbocycles. The first-order valence-corrected chi connectivity index (χ1v) is 8.90. The molecule has 0 aliphatic carbocycles. The minimum atomic E-state index is 0.0760. The SMILES string of the molecule is CCc1nccn1CCC(=O)N1CCO[C@@H](CCc2ccncn2)C1. The highest BCUT2D eigenvalue weighted by molar-refractivity contribution is 5.76. The number of amides is 1. The summed E-state index contributed by atoms with van der Waals surface area (Å²) in [6, 6.07) is 1.92. The maximum Gasteiger partial charge on any atom is 0.224 e. The number of nitrogens with zero attached hydrogens (tertiary/aromatic N) is 5. The van der Waals surface area contributed by atoms with E-state index in [9.17, 15) is 4.79 Å². The molecule has 0 N–H and O–H groups in total. The molecular formula is C18H25N5O2. The first-order valence-electron chi connectivity index (χ1n) is 8.90. The molecule has 2 aromatic heterocycles. The van der Waals surface area contributed by atoms with Crippen LogP contribution in [0.3, 0.4) is 0 Å². The number of hydrogen-bond acceptors (Lipinski definition) is 5. The maximum absolute atomic E-state index is 12.5. The second-order valence-corrected chi connectivity index (χ2v) is 6.21. The molecule has 25 heavy (non-hydrogen) atoms. The Morgan fingerprint density at radius 3 is 3.08 bits per heavy atom. The molecule has 1 fully saturated rings. The second kappa shape index (κ2) is 8.71. The number of aryl methyl sites for hydroxylation is 3. The van der Waals surface area contributed by atoms with E-state index in [1.54, 1.807) is 18.7 Å². The lowest BCUT2D eigenvalue weighted by Crippen LogP contribution is -2.46. The standard InChI is InChI=1S/C18H25N5O2/c1-2-17-20-8-10-22(17)9-6-18(24)23-11-12-25-16(13-23)4-3-15-5-7-19-14-21-15/h5,7-8,10,14,16H,2-4,6,9,11-13H2,1H3/t16-/m0/s1. The van der Waals surface area contributed by atoms with E-state index in [0.29, 0.717) is 32.7 Å². The smallest absolute Gasteiger partial charge is 0.224 e. The fourth-order valence-corrected chi connectivity index (χ4v) is 3.13. The molecule has 7 nitrogen and oxygen atoms in total. The molecule has 0 saturated carbocycles. The quantitative estimate of drug-likeness (QED) is 0.761. The van der Waals surface area contributed by atoms with Crippen molar-refractivity contribution in [1.29, 1.82) is 0 Å². The average Bonchev–Trinajstić information content (AvgIpc) is 3.13. The number of carbonyl (C=O) groups is 1. The van der Waals surface area contributed by atoms with Crippen LogP contribution in [0.2, 0.25) is 0 Å². The lowest BCUT2D eigenvalue weighted by atomic mass is 10.1. The van der Waals surface area contributed by atoms with Gasteiger partial charge in [0.15, 0.2) is 0 Å². The highest BCUT2D eigenvalue weighted by Gasteiger charge is 2.24. The molecule has 7 heteroatoms. The van der Waals surface area contributed by atoms with E-state index in [4.69, 9.17) is 4.74 Å². The van der Waals surface area contributed by atoms with Crippen molar-refractivity contribution in [3.05, 3.63) is 42.5 Å². The molecule has 0 unspecified atom stereocenters. The molecule has 1 saturated heterocycles. The Morgan fingerprint density at radius 2 is 2.28 bits per heavy atom. The lowest BCUT2D eigenvalue weighted by molar-refractivity contribution is -0.139. The van der Waals surface area contributed by atoms with Crippen LogP contribution in [0.25, 0.3) is 0 Å². The van der Waals surface area contributed by atoms with Gasteiger partial charge in [0.2, 0.25) is 5.91 Å². The summed E-state index contributed by atoms with van der Waals surface area (Å²) in [5, 5.41) is 0. The Hall–Kier alpha value is -2.28. The van der Waals surface area contributed by atoms with Gasteiger partial charge in [-0.2, -0.15) is 0 Å². The first kappa shape index (κ1) is 17.5. The van der Waals surface area contributed by atoms with Crippen LogP contribution in [0.5, 0.6) is 0 Å². The fourth-order valence-electron chi connectivity index (χ4n) is 3.13. The maximum atomic E-state index is 12.5. The zero-order chi connectivity index (χ0) is 17.5. The summed E-state index contributed by atoms with van der Waals surface area (Å²) in [5.41, 5.74) is 1.01. The summed E-state index contributed by atoms with van der Waals surface area (Å²) >= 11 is 0. The van der Waals surface area contributed by atoms with Gasteiger partial charge in [-0.3, -0.25) is 4.79 Å². The zero-order valence-corrected chi connectivity index (χ0v) is 14.7. The summed E-state index contributed by atoms with van der Waals surface area (Å²) in [6.07, 6.45) is 10.2. The van der Waals surface area contributed by atoms with Gasteiger partial charge in [-0.1, -0.05) is 6.92 Å². The summed E-state index contributed by atoms with van der Waals surface area (Å²) < 4.78 is 7.87. The number of ether oxygens (including phenoxy) is 1. The van der Waals surface area contributed by atoms with Crippen molar-refractivity contribution < 1.29 is 9.53 Å². The van der Waals surface area contributed by atoms with E-state index in [2.05, 4.69) is 26.4 Å². The van der Waals surface area contributed by atoms with Crippen molar-refractivity contribution in [1.82, 2.24) is 24.4 Å². The van der Waals surface area contributed by atoms with E-state index in [1.807, 2.05) is 17.2 Å². The van der Waals surface area contributed by atoms with E-state index in [0.717, 1.165) is 30.8 Å². The monoisotopic (exact) mass is 343 g/mol. The molecule has 2 aromatic rings. The van der Waals surface area contributed by atoms with Gasteiger partial charge >= 0.3 is 0 Å². The lowest BCUT2D eigenvalue weighted by Gasteiger charge is -2.33. The van der Waals surface area contributed by atoms with Crippen LogP contribution in [0.15, 0.2) is 31.0 Å². The predicted octanol–water partition coefficient (Wildman–Crippen LogP) is 1.49. The molecule has 3 rings (SSSR count). The van der Waals surface area contributed by atoms with Crippen LogP contribution in [-0.2, 0) is 28.9 Å². The largest absolute Gasteiger partial charge is 0.375 e. The Kier molecular flexibility index (Phi) is 6.11. The third kappa shape index (κ3) is 4.85. The number of imidazole rings is 1. The van der Waals surface area contributed by atoms with Crippen LogP contribution >= 0.6 is 0 Å². The Balaban J connectivity index is 1.46. The molecule has 3 heterocycles. The molecule has 0 radical (unpaired) electrons. The van der Waals surface area contributed by atoms with E-state index in [1.165, 1.54) is 0 Å². The highest BCUT2D eigenvalue weighted by atomic mass is 16.5. The number of morpholine rings is 1.